The van der Waals surface area contributed by atoms with Crippen molar-refractivity contribution in [1.82, 2.24) is 15.2 Å². The van der Waals surface area contributed by atoms with Crippen LogP contribution in [0, 0.1) is 5.92 Å². The summed E-state index contributed by atoms with van der Waals surface area (Å²) in [7, 11) is 0. The molecule has 2 atom stereocenters. The second-order valence-corrected chi connectivity index (χ2v) is 10.7. The molecule has 4 aromatic rings. The van der Waals surface area contributed by atoms with E-state index in [1.54, 1.807) is 35.2 Å². The molecule has 2 N–H and O–H groups in total. The van der Waals surface area contributed by atoms with Gasteiger partial charge < -0.3 is 10.3 Å². The Morgan fingerprint density at radius 3 is 2.61 bits per heavy atom. The fourth-order valence-electron chi connectivity index (χ4n) is 5.57. The van der Waals surface area contributed by atoms with Crippen molar-refractivity contribution in [2.45, 2.75) is 32.4 Å². The number of nitrogens with zero attached hydrogens (tertiary/aromatic N) is 2. The van der Waals surface area contributed by atoms with Crippen LogP contribution >= 0.6 is 11.6 Å². The summed E-state index contributed by atoms with van der Waals surface area (Å²) in [5.41, 5.74) is 4.22. The number of fused-ring (bicyclic) bond motifs is 4. The molecule has 7 nitrogen and oxygen atoms in total. The number of carbonyl (C=O) groups is 3. The second kappa shape index (κ2) is 9.33. The number of hydrogen-bond donors (Lipinski definition) is 2. The third kappa shape index (κ3) is 3.85. The summed E-state index contributed by atoms with van der Waals surface area (Å²) in [6.07, 6.45) is 0.374. The van der Waals surface area contributed by atoms with Gasteiger partial charge in [0, 0.05) is 34.6 Å². The summed E-state index contributed by atoms with van der Waals surface area (Å²) in [6.45, 7) is 4.50. The maximum absolute atomic E-state index is 14.1. The number of urea groups is 1. The molecule has 1 saturated heterocycles. The van der Waals surface area contributed by atoms with Gasteiger partial charge in [-0.15, -0.1) is 0 Å². The standard InChI is InChI=1S/C30H27ClN4O3/c1-17(2)16-32-28(36)21-11-4-6-13-24(21)35-29(37)25-15-22-20-10-3-5-12-23(20)33-26(22)27(34(25)30(35)38)18-8-7-9-19(31)14-18/h3-14,17,25,27,33H,15-16H2,1-2H3,(H,32,36)/t25-,27+/m0/s1. The number of hydrogen-bond acceptors (Lipinski definition) is 3. The molecule has 0 saturated carbocycles. The maximum atomic E-state index is 14.1. The third-order valence-corrected chi connectivity index (χ3v) is 7.51. The van der Waals surface area contributed by atoms with Gasteiger partial charge in [0.05, 0.1) is 11.3 Å². The van der Waals surface area contributed by atoms with Crippen LogP contribution in [0.25, 0.3) is 10.9 Å². The van der Waals surface area contributed by atoms with Crippen LogP contribution < -0.4 is 10.2 Å². The van der Waals surface area contributed by atoms with Crippen molar-refractivity contribution < 1.29 is 14.4 Å². The third-order valence-electron chi connectivity index (χ3n) is 7.27. The first-order valence-electron chi connectivity index (χ1n) is 12.7. The lowest BCUT2D eigenvalue weighted by Gasteiger charge is -2.36. The van der Waals surface area contributed by atoms with Gasteiger partial charge in [0.2, 0.25) is 0 Å². The first-order chi connectivity index (χ1) is 18.3. The zero-order valence-electron chi connectivity index (χ0n) is 21.1. The lowest BCUT2D eigenvalue weighted by atomic mass is 9.89. The van der Waals surface area contributed by atoms with E-state index in [-0.39, 0.29) is 29.0 Å². The van der Waals surface area contributed by atoms with Crippen molar-refractivity contribution in [1.29, 1.82) is 0 Å². The van der Waals surface area contributed by atoms with Crippen LogP contribution in [0.2, 0.25) is 5.02 Å². The maximum Gasteiger partial charge on any atom is 0.332 e. The molecule has 0 bridgehead atoms. The van der Waals surface area contributed by atoms with E-state index in [9.17, 15) is 14.4 Å². The first kappa shape index (κ1) is 24.2. The summed E-state index contributed by atoms with van der Waals surface area (Å²) in [5.74, 6) is -0.401. The van der Waals surface area contributed by atoms with E-state index in [0.29, 0.717) is 18.0 Å². The molecular formula is C30H27ClN4O3. The van der Waals surface area contributed by atoms with Crippen molar-refractivity contribution in [3.05, 3.63) is 100 Å². The Bertz CT molecular complexity index is 1590. The molecule has 0 unspecified atom stereocenters. The summed E-state index contributed by atoms with van der Waals surface area (Å²) in [5, 5.41) is 4.48. The SMILES string of the molecule is CC(C)CNC(=O)c1ccccc1N1C(=O)[C@@H]2Cc3c([nH]c4ccccc34)[C@@H](c3cccc(Cl)c3)N2C1=O. The van der Waals surface area contributed by atoms with Gasteiger partial charge in [-0.3, -0.25) is 14.5 Å². The molecule has 6 rings (SSSR count). The molecular weight excluding hydrogens is 500 g/mol. The highest BCUT2D eigenvalue weighted by atomic mass is 35.5. The molecule has 0 spiro atoms. The predicted octanol–water partition coefficient (Wildman–Crippen LogP) is 5.69. The van der Waals surface area contributed by atoms with Crippen molar-refractivity contribution >= 4 is 46.0 Å². The Morgan fingerprint density at radius 1 is 1.05 bits per heavy atom. The smallest absolute Gasteiger partial charge is 0.332 e. The van der Waals surface area contributed by atoms with Crippen LogP contribution in [0.3, 0.4) is 0 Å². The van der Waals surface area contributed by atoms with Gasteiger partial charge in [0.1, 0.15) is 12.1 Å². The molecule has 192 valence electrons. The molecule has 2 aliphatic heterocycles. The topological polar surface area (TPSA) is 85.5 Å². The van der Waals surface area contributed by atoms with E-state index in [4.69, 9.17) is 11.6 Å². The Hall–Kier alpha value is -4.10. The fourth-order valence-corrected chi connectivity index (χ4v) is 5.77. The van der Waals surface area contributed by atoms with Crippen LogP contribution in [0.4, 0.5) is 10.5 Å². The molecule has 8 heteroatoms. The summed E-state index contributed by atoms with van der Waals surface area (Å²) >= 11 is 6.37. The quantitative estimate of drug-likeness (QED) is 0.328. The molecule has 38 heavy (non-hydrogen) atoms. The van der Waals surface area contributed by atoms with Crippen molar-refractivity contribution in [3.8, 4) is 0 Å². The van der Waals surface area contributed by atoms with Gasteiger partial charge in [-0.05, 0) is 47.4 Å². The van der Waals surface area contributed by atoms with Gasteiger partial charge in [0.25, 0.3) is 11.8 Å². The van der Waals surface area contributed by atoms with E-state index in [0.717, 1.165) is 27.7 Å². The molecule has 3 heterocycles. The largest absolute Gasteiger partial charge is 0.356 e. The Balaban J connectivity index is 1.47. The van der Waals surface area contributed by atoms with Gasteiger partial charge in [-0.1, -0.05) is 67.9 Å². The molecule has 1 aromatic heterocycles. The minimum absolute atomic E-state index is 0.262. The second-order valence-electron chi connectivity index (χ2n) is 10.2. The van der Waals surface area contributed by atoms with Crippen molar-refractivity contribution in [2.24, 2.45) is 5.92 Å². The minimum Gasteiger partial charge on any atom is -0.356 e. The molecule has 0 aliphatic carbocycles. The van der Waals surface area contributed by atoms with Gasteiger partial charge >= 0.3 is 6.03 Å². The van der Waals surface area contributed by atoms with Gasteiger partial charge in [0.15, 0.2) is 0 Å². The van der Waals surface area contributed by atoms with Crippen LogP contribution in [-0.4, -0.2) is 40.3 Å². The lowest BCUT2D eigenvalue weighted by molar-refractivity contribution is -0.120. The number of carbonyl (C=O) groups excluding carboxylic acids is 3. The number of amides is 4. The molecule has 4 amide bonds. The molecule has 1 fully saturated rings. The fraction of sp³-hybridized carbons (Fsp3) is 0.233. The average molecular weight is 527 g/mol. The highest BCUT2D eigenvalue weighted by Crippen LogP contribution is 2.45. The number of para-hydroxylation sites is 2. The average Bonchev–Trinajstić information content (AvgIpc) is 3.40. The highest BCUT2D eigenvalue weighted by molar-refractivity contribution is 6.30. The lowest BCUT2D eigenvalue weighted by Crippen LogP contribution is -2.44. The number of aromatic amines is 1. The molecule has 2 aliphatic rings. The Morgan fingerprint density at radius 2 is 1.82 bits per heavy atom. The van der Waals surface area contributed by atoms with Gasteiger partial charge in [-0.2, -0.15) is 0 Å². The van der Waals surface area contributed by atoms with E-state index in [1.807, 2.05) is 56.3 Å². The van der Waals surface area contributed by atoms with Crippen LogP contribution in [0.15, 0.2) is 72.8 Å². The molecule has 3 aromatic carbocycles. The number of rotatable bonds is 5. The number of halogens is 1. The number of anilines is 1. The number of nitrogens with one attached hydrogen (secondary N) is 2. The molecule has 0 radical (unpaired) electrons. The van der Waals surface area contributed by atoms with Crippen molar-refractivity contribution in [3.63, 3.8) is 0 Å². The van der Waals surface area contributed by atoms with E-state index >= 15 is 0 Å². The number of aromatic nitrogens is 1. The van der Waals surface area contributed by atoms with Crippen LogP contribution in [0.5, 0.6) is 0 Å². The zero-order chi connectivity index (χ0) is 26.6. The number of imide groups is 1. The minimum atomic E-state index is -0.718. The zero-order valence-corrected chi connectivity index (χ0v) is 21.8. The summed E-state index contributed by atoms with van der Waals surface area (Å²) in [4.78, 5) is 47.5. The first-order valence-corrected chi connectivity index (χ1v) is 13.1. The van der Waals surface area contributed by atoms with E-state index in [1.165, 1.54) is 4.90 Å². The predicted molar refractivity (Wildman–Crippen MR) is 147 cm³/mol. The van der Waals surface area contributed by atoms with Gasteiger partial charge in [-0.25, -0.2) is 9.69 Å². The van der Waals surface area contributed by atoms with Crippen molar-refractivity contribution in [2.75, 3.05) is 11.4 Å². The van der Waals surface area contributed by atoms with Crippen LogP contribution in [-0.2, 0) is 11.2 Å². The monoisotopic (exact) mass is 526 g/mol. The van der Waals surface area contributed by atoms with E-state index < -0.39 is 18.1 Å². The summed E-state index contributed by atoms with van der Waals surface area (Å²) < 4.78 is 0. The Kier molecular flexibility index (Phi) is 5.95. The van der Waals surface area contributed by atoms with E-state index in [2.05, 4.69) is 10.3 Å². The normalized spacial score (nSPS) is 18.7. The highest BCUT2D eigenvalue weighted by Gasteiger charge is 2.53. The number of H-pyrrole nitrogens is 1. The van der Waals surface area contributed by atoms with Crippen LogP contribution in [0.1, 0.15) is 47.1 Å². The number of benzene rings is 3. The Labute approximate surface area is 225 Å². The summed E-state index contributed by atoms with van der Waals surface area (Å²) in [6, 6.07) is 20.4.